The van der Waals surface area contributed by atoms with E-state index in [2.05, 4.69) is 37.6 Å². The topological polar surface area (TPSA) is 23.6 Å². The molecule has 1 heterocycles. The summed E-state index contributed by atoms with van der Waals surface area (Å²) < 4.78 is 0. The van der Waals surface area contributed by atoms with E-state index in [1.165, 1.54) is 64.6 Å². The maximum Gasteiger partial charge on any atom is 0.138 e. The average Bonchev–Trinajstić information content (AvgIpc) is 2.59. The molecule has 0 aromatic heterocycles. The van der Waals surface area contributed by atoms with Crippen molar-refractivity contribution >= 4 is 5.78 Å². The molecule has 3 aliphatic rings. The van der Waals surface area contributed by atoms with Crippen molar-refractivity contribution in [3.05, 3.63) is 0 Å². The number of carbonyl (C=O) groups excluding carboxylic acids is 1. The highest BCUT2D eigenvalue weighted by Gasteiger charge is 2.49. The molecule has 2 aliphatic carbocycles. The van der Waals surface area contributed by atoms with E-state index in [1.807, 2.05) is 0 Å². The van der Waals surface area contributed by atoms with Crippen LogP contribution in [0.4, 0.5) is 0 Å². The minimum Gasteiger partial charge on any atom is -0.303 e. The summed E-state index contributed by atoms with van der Waals surface area (Å²) in [6, 6.07) is 1.65. The number of piperidine rings is 1. The van der Waals surface area contributed by atoms with Gasteiger partial charge in [-0.05, 0) is 89.9 Å². The number of ketones is 1. The zero-order chi connectivity index (χ0) is 18.0. The molecule has 3 nitrogen and oxygen atoms in total. The lowest BCUT2D eigenvalue weighted by Crippen LogP contribution is -2.55. The molecule has 1 aliphatic heterocycles. The molecule has 0 N–H and O–H groups in total. The number of likely N-dealkylation sites (tertiary alicyclic amines) is 1. The summed E-state index contributed by atoms with van der Waals surface area (Å²) in [5, 5.41) is 0. The molecule has 1 saturated heterocycles. The highest BCUT2D eigenvalue weighted by Crippen LogP contribution is 2.54. The monoisotopic (exact) mass is 348 g/mol. The number of carbonyl (C=O) groups is 1. The Balaban J connectivity index is 1.40. The lowest BCUT2D eigenvalue weighted by molar-refractivity contribution is -0.129. The van der Waals surface area contributed by atoms with Crippen LogP contribution in [0.5, 0.6) is 0 Å². The molecule has 3 fully saturated rings. The Morgan fingerprint density at radius 3 is 2.24 bits per heavy atom. The Morgan fingerprint density at radius 2 is 1.72 bits per heavy atom. The van der Waals surface area contributed by atoms with Gasteiger partial charge in [-0.3, -0.25) is 4.79 Å². The first kappa shape index (κ1) is 19.4. The van der Waals surface area contributed by atoms with Crippen molar-refractivity contribution in [2.75, 3.05) is 26.7 Å². The van der Waals surface area contributed by atoms with Crippen molar-refractivity contribution in [2.45, 2.75) is 90.6 Å². The molecule has 1 spiro atoms. The van der Waals surface area contributed by atoms with Crippen LogP contribution in [0.1, 0.15) is 78.6 Å². The molecule has 0 aromatic rings. The second-order valence-corrected chi connectivity index (χ2v) is 9.64. The third kappa shape index (κ3) is 4.30. The molecule has 2 saturated carbocycles. The van der Waals surface area contributed by atoms with E-state index in [4.69, 9.17) is 0 Å². The van der Waals surface area contributed by atoms with Gasteiger partial charge in [0.1, 0.15) is 5.78 Å². The summed E-state index contributed by atoms with van der Waals surface area (Å²) in [5.41, 5.74) is 0.605. The van der Waals surface area contributed by atoms with Crippen molar-refractivity contribution in [1.82, 2.24) is 9.80 Å². The second kappa shape index (κ2) is 8.08. The third-order valence-electron chi connectivity index (χ3n) is 7.57. The van der Waals surface area contributed by atoms with E-state index in [9.17, 15) is 4.79 Å². The van der Waals surface area contributed by atoms with Crippen molar-refractivity contribution < 1.29 is 4.79 Å². The van der Waals surface area contributed by atoms with Crippen LogP contribution in [-0.2, 0) is 4.79 Å². The van der Waals surface area contributed by atoms with Gasteiger partial charge in [0.2, 0.25) is 0 Å². The van der Waals surface area contributed by atoms with Crippen molar-refractivity contribution in [1.29, 1.82) is 0 Å². The summed E-state index contributed by atoms with van der Waals surface area (Å²) in [5.74, 6) is 1.11. The first-order chi connectivity index (χ1) is 11.9. The number of hydrogen-bond acceptors (Lipinski definition) is 3. The fourth-order valence-electron chi connectivity index (χ4n) is 5.82. The van der Waals surface area contributed by atoms with Crippen LogP contribution in [0, 0.1) is 17.3 Å². The van der Waals surface area contributed by atoms with Crippen LogP contribution in [0.25, 0.3) is 0 Å². The van der Waals surface area contributed by atoms with E-state index in [-0.39, 0.29) is 5.92 Å². The first-order valence-electron chi connectivity index (χ1n) is 10.9. The molecule has 3 heteroatoms. The summed E-state index contributed by atoms with van der Waals surface area (Å²) >= 11 is 0. The largest absolute Gasteiger partial charge is 0.303 e. The molecule has 0 unspecified atom stereocenters. The van der Waals surface area contributed by atoms with Crippen LogP contribution in [0.2, 0.25) is 0 Å². The van der Waals surface area contributed by atoms with Gasteiger partial charge >= 0.3 is 0 Å². The van der Waals surface area contributed by atoms with Gasteiger partial charge in [0.25, 0.3) is 0 Å². The molecular weight excluding hydrogens is 308 g/mol. The maximum absolute atomic E-state index is 12.2. The Bertz CT molecular complexity index is 437. The van der Waals surface area contributed by atoms with Gasteiger partial charge in [0.05, 0.1) is 0 Å². The van der Waals surface area contributed by atoms with E-state index < -0.39 is 0 Å². The molecule has 144 valence electrons. The molecule has 0 atom stereocenters. The van der Waals surface area contributed by atoms with Crippen molar-refractivity contribution in [3.63, 3.8) is 0 Å². The molecule has 0 aromatic carbocycles. The maximum atomic E-state index is 12.2. The Kier molecular flexibility index (Phi) is 6.26. The van der Waals surface area contributed by atoms with Crippen LogP contribution in [-0.4, -0.2) is 54.3 Å². The standard InChI is InChI=1S/C22H40N2O/c1-5-12-23(4)19-8-13-24(14-9-19)20-15-22(16-20)10-6-18(7-11-22)21(25)17(2)3/h17-20H,5-16H2,1-4H3. The smallest absolute Gasteiger partial charge is 0.138 e. The predicted octanol–water partition coefficient (Wildman–Crippen LogP) is 4.36. The van der Waals surface area contributed by atoms with Gasteiger partial charge in [-0.1, -0.05) is 20.8 Å². The molecule has 0 amide bonds. The van der Waals surface area contributed by atoms with Gasteiger partial charge in [-0.2, -0.15) is 0 Å². The zero-order valence-corrected chi connectivity index (χ0v) is 17.1. The van der Waals surface area contributed by atoms with E-state index in [0.717, 1.165) is 24.9 Å². The summed E-state index contributed by atoms with van der Waals surface area (Å²) in [7, 11) is 2.30. The minimum atomic E-state index is 0.223. The summed E-state index contributed by atoms with van der Waals surface area (Å²) in [6.07, 6.45) is 11.7. The molecular formula is C22H40N2O. The Labute approximate surface area is 155 Å². The number of rotatable bonds is 6. The normalized spacial score (nSPS) is 34.6. The quantitative estimate of drug-likeness (QED) is 0.713. The summed E-state index contributed by atoms with van der Waals surface area (Å²) in [4.78, 5) is 17.6. The van der Waals surface area contributed by atoms with Crippen LogP contribution < -0.4 is 0 Å². The SMILES string of the molecule is CCCN(C)C1CCN(C2CC3(CCC(C(=O)C(C)C)CC3)C2)CC1. The fourth-order valence-corrected chi connectivity index (χ4v) is 5.82. The minimum absolute atomic E-state index is 0.223. The van der Waals surface area contributed by atoms with E-state index >= 15 is 0 Å². The fraction of sp³-hybridized carbons (Fsp3) is 0.955. The van der Waals surface area contributed by atoms with Gasteiger partial charge in [0.15, 0.2) is 0 Å². The highest BCUT2D eigenvalue weighted by atomic mass is 16.1. The van der Waals surface area contributed by atoms with Crippen LogP contribution >= 0.6 is 0 Å². The number of nitrogens with zero attached hydrogens (tertiary/aromatic N) is 2. The van der Waals surface area contributed by atoms with Gasteiger partial charge in [-0.15, -0.1) is 0 Å². The van der Waals surface area contributed by atoms with E-state index in [0.29, 0.717) is 17.1 Å². The molecule has 0 radical (unpaired) electrons. The highest BCUT2D eigenvalue weighted by molar-refractivity contribution is 5.82. The molecule has 25 heavy (non-hydrogen) atoms. The van der Waals surface area contributed by atoms with E-state index in [1.54, 1.807) is 0 Å². The number of hydrogen-bond donors (Lipinski definition) is 0. The van der Waals surface area contributed by atoms with Gasteiger partial charge < -0.3 is 9.80 Å². The number of Topliss-reactive ketones (excluding diaryl/α,β-unsaturated/α-hetero) is 1. The van der Waals surface area contributed by atoms with Crippen LogP contribution in [0.3, 0.4) is 0 Å². The molecule has 0 bridgehead atoms. The van der Waals surface area contributed by atoms with Crippen molar-refractivity contribution in [2.24, 2.45) is 17.3 Å². The zero-order valence-electron chi connectivity index (χ0n) is 17.1. The Morgan fingerprint density at radius 1 is 1.12 bits per heavy atom. The van der Waals surface area contributed by atoms with Crippen LogP contribution in [0.15, 0.2) is 0 Å². The Hall–Kier alpha value is -0.410. The van der Waals surface area contributed by atoms with Crippen molar-refractivity contribution in [3.8, 4) is 0 Å². The molecule has 3 rings (SSSR count). The van der Waals surface area contributed by atoms with Gasteiger partial charge in [-0.25, -0.2) is 0 Å². The first-order valence-corrected chi connectivity index (χ1v) is 10.9. The lowest BCUT2D eigenvalue weighted by Gasteiger charge is -2.56. The predicted molar refractivity (Wildman–Crippen MR) is 105 cm³/mol. The second-order valence-electron chi connectivity index (χ2n) is 9.64. The average molecular weight is 349 g/mol. The lowest BCUT2D eigenvalue weighted by atomic mass is 9.56. The third-order valence-corrected chi connectivity index (χ3v) is 7.57. The summed E-state index contributed by atoms with van der Waals surface area (Å²) in [6.45, 7) is 10.2. The van der Waals surface area contributed by atoms with Gasteiger partial charge in [0, 0.05) is 23.9 Å².